The van der Waals surface area contributed by atoms with Gasteiger partial charge in [-0.3, -0.25) is 0 Å². The summed E-state index contributed by atoms with van der Waals surface area (Å²) in [6.07, 6.45) is 2.07. The van der Waals surface area contributed by atoms with Crippen molar-refractivity contribution in [1.29, 1.82) is 0 Å². The van der Waals surface area contributed by atoms with E-state index >= 15 is 0 Å². The minimum absolute atomic E-state index is 0.191. The van der Waals surface area contributed by atoms with Crippen LogP contribution < -0.4 is 5.32 Å². The summed E-state index contributed by atoms with van der Waals surface area (Å²) in [7, 11) is 0. The smallest absolute Gasteiger partial charge is 0.123 e. The Morgan fingerprint density at radius 3 is 2.26 bits per heavy atom. The van der Waals surface area contributed by atoms with Crippen molar-refractivity contribution < 1.29 is 4.39 Å². The van der Waals surface area contributed by atoms with Crippen LogP contribution in [0, 0.1) is 5.82 Å². The summed E-state index contributed by atoms with van der Waals surface area (Å²) in [6.45, 7) is 2.90. The second kappa shape index (κ2) is 6.73. The number of nitrogens with one attached hydrogen (secondary N) is 1. The highest BCUT2D eigenvalue weighted by atomic mass is 32.2. The van der Waals surface area contributed by atoms with Gasteiger partial charge in [0.1, 0.15) is 5.82 Å². The molecule has 1 atom stereocenters. The first-order valence-corrected chi connectivity index (χ1v) is 7.53. The average Bonchev–Trinajstić information content (AvgIpc) is 2.46. The topological polar surface area (TPSA) is 12.0 Å². The van der Waals surface area contributed by atoms with Gasteiger partial charge in [-0.05, 0) is 48.6 Å². The molecule has 100 valence electrons. The number of hydrogen-bond acceptors (Lipinski definition) is 2. The van der Waals surface area contributed by atoms with Gasteiger partial charge in [0, 0.05) is 17.5 Å². The molecule has 0 saturated carbocycles. The van der Waals surface area contributed by atoms with Crippen LogP contribution in [0.2, 0.25) is 0 Å². The Balaban J connectivity index is 1.92. The van der Waals surface area contributed by atoms with E-state index in [0.29, 0.717) is 0 Å². The Morgan fingerprint density at radius 1 is 1.05 bits per heavy atom. The molecular weight excluding hydrogens is 257 g/mol. The maximum absolute atomic E-state index is 12.8. The fourth-order valence-electron chi connectivity index (χ4n) is 1.88. The van der Waals surface area contributed by atoms with Crippen LogP contribution in [0.3, 0.4) is 0 Å². The van der Waals surface area contributed by atoms with Crippen LogP contribution in [-0.2, 0) is 6.54 Å². The van der Waals surface area contributed by atoms with Crippen molar-refractivity contribution >= 4 is 11.8 Å². The molecule has 0 fully saturated rings. The molecule has 0 aliphatic carbocycles. The Hall–Kier alpha value is -1.32. The van der Waals surface area contributed by atoms with Crippen molar-refractivity contribution in [2.75, 3.05) is 6.26 Å². The molecule has 0 heterocycles. The summed E-state index contributed by atoms with van der Waals surface area (Å²) >= 11 is 1.74. The highest BCUT2D eigenvalue weighted by Gasteiger charge is 2.04. The van der Waals surface area contributed by atoms with E-state index < -0.39 is 0 Å². The molecule has 0 aliphatic rings. The summed E-state index contributed by atoms with van der Waals surface area (Å²) in [5.74, 6) is -0.191. The average molecular weight is 275 g/mol. The van der Waals surface area contributed by atoms with Crippen LogP contribution in [0.5, 0.6) is 0 Å². The first-order valence-electron chi connectivity index (χ1n) is 6.31. The molecule has 19 heavy (non-hydrogen) atoms. The summed E-state index contributed by atoms with van der Waals surface area (Å²) in [6, 6.07) is 15.4. The van der Waals surface area contributed by atoms with E-state index in [0.717, 1.165) is 12.1 Å². The van der Waals surface area contributed by atoms with E-state index in [1.807, 2.05) is 12.1 Å². The van der Waals surface area contributed by atoms with Gasteiger partial charge in [-0.15, -0.1) is 11.8 Å². The third-order valence-corrected chi connectivity index (χ3v) is 3.89. The van der Waals surface area contributed by atoms with E-state index in [1.165, 1.54) is 22.6 Å². The van der Waals surface area contributed by atoms with Gasteiger partial charge in [-0.2, -0.15) is 0 Å². The number of rotatable bonds is 5. The summed E-state index contributed by atoms with van der Waals surface area (Å²) < 4.78 is 12.8. The third-order valence-electron chi connectivity index (χ3n) is 3.14. The van der Waals surface area contributed by atoms with Gasteiger partial charge < -0.3 is 5.32 Å². The van der Waals surface area contributed by atoms with Gasteiger partial charge >= 0.3 is 0 Å². The van der Waals surface area contributed by atoms with Crippen molar-refractivity contribution in [1.82, 2.24) is 5.32 Å². The second-order valence-electron chi connectivity index (χ2n) is 4.50. The normalized spacial score (nSPS) is 12.4. The molecule has 0 bridgehead atoms. The predicted octanol–water partition coefficient (Wildman–Crippen LogP) is 4.40. The minimum Gasteiger partial charge on any atom is -0.306 e. The van der Waals surface area contributed by atoms with E-state index in [4.69, 9.17) is 0 Å². The van der Waals surface area contributed by atoms with E-state index in [1.54, 1.807) is 11.8 Å². The van der Waals surface area contributed by atoms with Crippen molar-refractivity contribution in [3.63, 3.8) is 0 Å². The number of halogens is 1. The Bertz CT molecular complexity index is 507. The molecule has 2 rings (SSSR count). The van der Waals surface area contributed by atoms with Crippen molar-refractivity contribution in [2.24, 2.45) is 0 Å². The number of thioether (sulfide) groups is 1. The zero-order valence-electron chi connectivity index (χ0n) is 11.2. The molecule has 1 unspecified atom stereocenters. The van der Waals surface area contributed by atoms with Crippen LogP contribution in [0.4, 0.5) is 4.39 Å². The van der Waals surface area contributed by atoms with Crippen LogP contribution in [-0.4, -0.2) is 6.26 Å². The van der Waals surface area contributed by atoms with Gasteiger partial charge in [0.25, 0.3) is 0 Å². The number of benzene rings is 2. The Kier molecular flexibility index (Phi) is 5.00. The third kappa shape index (κ3) is 4.08. The van der Waals surface area contributed by atoms with Gasteiger partial charge in [-0.25, -0.2) is 4.39 Å². The van der Waals surface area contributed by atoms with Crippen molar-refractivity contribution in [2.45, 2.75) is 24.4 Å². The van der Waals surface area contributed by atoms with E-state index in [-0.39, 0.29) is 11.9 Å². The van der Waals surface area contributed by atoms with E-state index in [9.17, 15) is 4.39 Å². The van der Waals surface area contributed by atoms with E-state index in [2.05, 4.69) is 42.8 Å². The molecule has 0 aromatic heterocycles. The quantitative estimate of drug-likeness (QED) is 0.812. The lowest BCUT2D eigenvalue weighted by Gasteiger charge is -2.14. The SMILES string of the molecule is CSc1ccc(CNC(C)c2ccc(F)cc2)cc1. The first kappa shape index (κ1) is 14.1. The van der Waals surface area contributed by atoms with Gasteiger partial charge in [0.05, 0.1) is 0 Å². The Labute approximate surface area is 118 Å². The molecule has 1 nitrogen and oxygen atoms in total. The molecule has 0 radical (unpaired) electrons. The van der Waals surface area contributed by atoms with Crippen LogP contribution in [0.25, 0.3) is 0 Å². The fourth-order valence-corrected chi connectivity index (χ4v) is 2.29. The molecule has 0 saturated heterocycles. The maximum Gasteiger partial charge on any atom is 0.123 e. The first-order chi connectivity index (χ1) is 9.19. The molecule has 0 amide bonds. The molecular formula is C16H18FNS. The minimum atomic E-state index is -0.191. The lowest BCUT2D eigenvalue weighted by Crippen LogP contribution is -2.17. The maximum atomic E-state index is 12.8. The molecule has 2 aromatic rings. The lowest BCUT2D eigenvalue weighted by molar-refractivity contribution is 0.571. The molecule has 1 N–H and O–H groups in total. The standard InChI is InChI=1S/C16H18FNS/c1-12(14-5-7-15(17)8-6-14)18-11-13-3-9-16(19-2)10-4-13/h3-10,12,18H,11H2,1-2H3. The molecule has 3 heteroatoms. The molecule has 0 spiro atoms. The number of hydrogen-bond donors (Lipinski definition) is 1. The van der Waals surface area contributed by atoms with Gasteiger partial charge in [-0.1, -0.05) is 24.3 Å². The lowest BCUT2D eigenvalue weighted by atomic mass is 10.1. The van der Waals surface area contributed by atoms with Gasteiger partial charge in [0.15, 0.2) is 0 Å². The summed E-state index contributed by atoms with van der Waals surface area (Å²) in [5, 5.41) is 3.44. The van der Waals surface area contributed by atoms with Crippen LogP contribution in [0.1, 0.15) is 24.1 Å². The second-order valence-corrected chi connectivity index (χ2v) is 5.38. The molecule has 2 aromatic carbocycles. The van der Waals surface area contributed by atoms with Crippen molar-refractivity contribution in [3.8, 4) is 0 Å². The Morgan fingerprint density at radius 2 is 1.68 bits per heavy atom. The summed E-state index contributed by atoms with van der Waals surface area (Å²) in [4.78, 5) is 1.27. The summed E-state index contributed by atoms with van der Waals surface area (Å²) in [5.41, 5.74) is 2.36. The largest absolute Gasteiger partial charge is 0.306 e. The highest BCUT2D eigenvalue weighted by Crippen LogP contribution is 2.16. The molecule has 0 aliphatic heterocycles. The fraction of sp³-hybridized carbons (Fsp3) is 0.250. The van der Waals surface area contributed by atoms with Crippen LogP contribution >= 0.6 is 11.8 Å². The zero-order chi connectivity index (χ0) is 13.7. The zero-order valence-corrected chi connectivity index (χ0v) is 12.0. The predicted molar refractivity (Wildman–Crippen MR) is 79.9 cm³/mol. The van der Waals surface area contributed by atoms with Gasteiger partial charge in [0.2, 0.25) is 0 Å². The van der Waals surface area contributed by atoms with Crippen LogP contribution in [0.15, 0.2) is 53.4 Å². The monoisotopic (exact) mass is 275 g/mol. The highest BCUT2D eigenvalue weighted by molar-refractivity contribution is 7.98. The van der Waals surface area contributed by atoms with Crippen molar-refractivity contribution in [3.05, 3.63) is 65.5 Å².